The Morgan fingerprint density at radius 2 is 1.11 bits per heavy atom. The molecule has 1 nitrogen and oxygen atoms in total. The fraction of sp³-hybridized carbons (Fsp3) is 0.200. The molecule has 3 heteroatoms. The monoisotopic (exact) mass is 279 g/mol. The summed E-state index contributed by atoms with van der Waals surface area (Å²) in [5.41, 5.74) is 2.07. The quantitative estimate of drug-likeness (QED) is 0.874. The Bertz CT molecular complexity index is 472. The SMILES string of the molecule is CNC(C)(c1ccc(Cl)cc1)c1ccc(Cl)cc1. The second kappa shape index (κ2) is 5.31. The smallest absolute Gasteiger partial charge is 0.0659 e. The fourth-order valence-electron chi connectivity index (χ4n) is 2.02. The van der Waals surface area contributed by atoms with Crippen LogP contribution in [0.3, 0.4) is 0 Å². The maximum atomic E-state index is 5.93. The molecule has 0 saturated carbocycles. The molecule has 0 bridgehead atoms. The van der Waals surface area contributed by atoms with Gasteiger partial charge in [0.05, 0.1) is 5.54 Å². The van der Waals surface area contributed by atoms with Crippen LogP contribution >= 0.6 is 23.2 Å². The third kappa shape index (κ3) is 2.54. The predicted molar refractivity (Wildman–Crippen MR) is 78.4 cm³/mol. The molecule has 2 rings (SSSR count). The lowest BCUT2D eigenvalue weighted by Crippen LogP contribution is -2.37. The van der Waals surface area contributed by atoms with Crippen molar-refractivity contribution in [2.75, 3.05) is 7.05 Å². The standard InChI is InChI=1S/C15H15Cl2N/c1-15(18-2,11-3-7-13(16)8-4-11)12-5-9-14(17)10-6-12/h3-10,18H,1-2H3. The highest BCUT2D eigenvalue weighted by Gasteiger charge is 2.26. The molecule has 0 aromatic heterocycles. The van der Waals surface area contributed by atoms with E-state index >= 15 is 0 Å². The second-order valence-electron chi connectivity index (χ2n) is 4.39. The summed E-state index contributed by atoms with van der Waals surface area (Å²) >= 11 is 11.9. The summed E-state index contributed by atoms with van der Waals surface area (Å²) in [6.45, 7) is 2.14. The lowest BCUT2D eigenvalue weighted by atomic mass is 9.85. The minimum Gasteiger partial charge on any atom is -0.307 e. The lowest BCUT2D eigenvalue weighted by Gasteiger charge is -2.30. The number of benzene rings is 2. The fourth-order valence-corrected chi connectivity index (χ4v) is 2.27. The van der Waals surface area contributed by atoms with Gasteiger partial charge < -0.3 is 5.32 Å². The van der Waals surface area contributed by atoms with Crippen molar-refractivity contribution in [2.24, 2.45) is 0 Å². The number of hydrogen-bond acceptors (Lipinski definition) is 1. The molecule has 0 aliphatic rings. The molecule has 2 aromatic carbocycles. The molecular weight excluding hydrogens is 265 g/mol. The van der Waals surface area contributed by atoms with Crippen molar-refractivity contribution >= 4 is 23.2 Å². The van der Waals surface area contributed by atoms with Crippen LogP contribution in [0.1, 0.15) is 18.1 Å². The maximum Gasteiger partial charge on any atom is 0.0659 e. The lowest BCUT2D eigenvalue weighted by molar-refractivity contribution is 0.485. The van der Waals surface area contributed by atoms with Gasteiger partial charge in [0.15, 0.2) is 0 Å². The summed E-state index contributed by atoms with van der Waals surface area (Å²) in [4.78, 5) is 0. The predicted octanol–water partition coefficient (Wildman–Crippen LogP) is 4.48. The maximum absolute atomic E-state index is 5.93. The van der Waals surface area contributed by atoms with E-state index in [1.807, 2.05) is 55.6 Å². The van der Waals surface area contributed by atoms with Gasteiger partial charge in [-0.1, -0.05) is 47.5 Å². The van der Waals surface area contributed by atoms with Gasteiger partial charge in [-0.15, -0.1) is 0 Å². The molecule has 0 radical (unpaired) electrons. The summed E-state index contributed by atoms with van der Waals surface area (Å²) in [7, 11) is 1.95. The van der Waals surface area contributed by atoms with Gasteiger partial charge in [-0.2, -0.15) is 0 Å². The molecule has 18 heavy (non-hydrogen) atoms. The van der Waals surface area contributed by atoms with Crippen LogP contribution in [0.4, 0.5) is 0 Å². The molecule has 0 aliphatic heterocycles. The van der Waals surface area contributed by atoms with E-state index < -0.39 is 0 Å². The van der Waals surface area contributed by atoms with Crippen LogP contribution in [0.25, 0.3) is 0 Å². The molecule has 0 unspecified atom stereocenters. The van der Waals surface area contributed by atoms with E-state index in [1.165, 1.54) is 0 Å². The molecule has 1 N–H and O–H groups in total. The van der Waals surface area contributed by atoms with Gasteiger partial charge in [0.1, 0.15) is 0 Å². The van der Waals surface area contributed by atoms with E-state index in [0.717, 1.165) is 21.2 Å². The Balaban J connectivity index is 2.47. The first-order valence-corrected chi connectivity index (χ1v) is 6.53. The van der Waals surface area contributed by atoms with Gasteiger partial charge in [0.25, 0.3) is 0 Å². The van der Waals surface area contributed by atoms with Gasteiger partial charge in [-0.05, 0) is 49.4 Å². The van der Waals surface area contributed by atoms with E-state index in [0.29, 0.717) is 0 Å². The van der Waals surface area contributed by atoms with E-state index in [9.17, 15) is 0 Å². The molecule has 0 heterocycles. The minimum atomic E-state index is -0.255. The van der Waals surface area contributed by atoms with Crippen molar-refractivity contribution in [3.8, 4) is 0 Å². The van der Waals surface area contributed by atoms with Crippen molar-refractivity contribution in [2.45, 2.75) is 12.5 Å². The van der Waals surface area contributed by atoms with Crippen molar-refractivity contribution in [3.63, 3.8) is 0 Å². The highest BCUT2D eigenvalue weighted by Crippen LogP contribution is 2.30. The minimum absolute atomic E-state index is 0.255. The summed E-state index contributed by atoms with van der Waals surface area (Å²) in [5, 5.41) is 4.85. The van der Waals surface area contributed by atoms with Crippen LogP contribution in [-0.2, 0) is 5.54 Å². The van der Waals surface area contributed by atoms with Crippen LogP contribution in [0, 0.1) is 0 Å². The first-order chi connectivity index (χ1) is 8.56. The molecule has 0 atom stereocenters. The van der Waals surface area contributed by atoms with Crippen molar-refractivity contribution < 1.29 is 0 Å². The number of halogens is 2. The molecule has 2 aromatic rings. The van der Waals surface area contributed by atoms with Gasteiger partial charge in [-0.3, -0.25) is 0 Å². The van der Waals surface area contributed by atoms with Crippen LogP contribution in [0.5, 0.6) is 0 Å². The normalized spacial score (nSPS) is 11.6. The number of nitrogens with one attached hydrogen (secondary N) is 1. The second-order valence-corrected chi connectivity index (χ2v) is 5.26. The zero-order chi connectivity index (χ0) is 13.2. The number of hydrogen-bond donors (Lipinski definition) is 1. The molecule has 0 amide bonds. The zero-order valence-electron chi connectivity index (χ0n) is 10.4. The average Bonchev–Trinajstić information content (AvgIpc) is 2.39. The first-order valence-electron chi connectivity index (χ1n) is 5.77. The van der Waals surface area contributed by atoms with Crippen LogP contribution < -0.4 is 5.32 Å². The van der Waals surface area contributed by atoms with E-state index in [4.69, 9.17) is 23.2 Å². The Hall–Kier alpha value is -1.02. The topological polar surface area (TPSA) is 12.0 Å². The molecule has 0 saturated heterocycles. The van der Waals surface area contributed by atoms with Crippen LogP contribution in [0.15, 0.2) is 48.5 Å². The summed E-state index contributed by atoms with van der Waals surface area (Å²) in [6.07, 6.45) is 0. The van der Waals surface area contributed by atoms with Gasteiger partial charge in [0, 0.05) is 10.0 Å². The summed E-state index contributed by atoms with van der Waals surface area (Å²) in [6, 6.07) is 15.8. The van der Waals surface area contributed by atoms with E-state index in [2.05, 4.69) is 12.2 Å². The van der Waals surface area contributed by atoms with E-state index in [-0.39, 0.29) is 5.54 Å². The highest BCUT2D eigenvalue weighted by molar-refractivity contribution is 6.30. The highest BCUT2D eigenvalue weighted by atomic mass is 35.5. The molecule has 94 valence electrons. The third-order valence-electron chi connectivity index (χ3n) is 3.34. The summed E-state index contributed by atoms with van der Waals surface area (Å²) < 4.78 is 0. The van der Waals surface area contributed by atoms with Crippen LogP contribution in [-0.4, -0.2) is 7.05 Å². The Kier molecular flexibility index (Phi) is 3.96. The number of rotatable bonds is 3. The first kappa shape index (κ1) is 13.4. The van der Waals surface area contributed by atoms with Crippen molar-refractivity contribution in [1.82, 2.24) is 5.32 Å². The third-order valence-corrected chi connectivity index (χ3v) is 3.85. The molecule has 0 fully saturated rings. The molecular formula is C15H15Cl2N. The van der Waals surface area contributed by atoms with E-state index in [1.54, 1.807) is 0 Å². The van der Waals surface area contributed by atoms with Gasteiger partial charge in [-0.25, -0.2) is 0 Å². The Morgan fingerprint density at radius 3 is 1.39 bits per heavy atom. The van der Waals surface area contributed by atoms with Crippen molar-refractivity contribution in [1.29, 1.82) is 0 Å². The molecule has 0 aliphatic carbocycles. The zero-order valence-corrected chi connectivity index (χ0v) is 11.9. The molecule has 0 spiro atoms. The Morgan fingerprint density at radius 1 is 0.778 bits per heavy atom. The summed E-state index contributed by atoms with van der Waals surface area (Å²) in [5.74, 6) is 0. The van der Waals surface area contributed by atoms with Crippen molar-refractivity contribution in [3.05, 3.63) is 69.7 Å². The largest absolute Gasteiger partial charge is 0.307 e. The van der Waals surface area contributed by atoms with Gasteiger partial charge >= 0.3 is 0 Å². The van der Waals surface area contributed by atoms with Gasteiger partial charge in [0.2, 0.25) is 0 Å². The van der Waals surface area contributed by atoms with Crippen LogP contribution in [0.2, 0.25) is 10.0 Å². The average molecular weight is 280 g/mol. The Labute approximate surface area is 118 Å².